The summed E-state index contributed by atoms with van der Waals surface area (Å²) >= 11 is 0. The number of rotatable bonds is 6. The lowest BCUT2D eigenvalue weighted by Crippen LogP contribution is -2.28. The lowest BCUT2D eigenvalue weighted by Gasteiger charge is -2.20. The molecule has 2 heterocycles. The average Bonchev–Trinajstić information content (AvgIpc) is 3.33. The highest BCUT2D eigenvalue weighted by molar-refractivity contribution is 6.04. The zero-order valence-electron chi connectivity index (χ0n) is 17.7. The predicted molar refractivity (Wildman–Crippen MR) is 114 cm³/mol. The number of carbonyl (C=O) groups is 2. The van der Waals surface area contributed by atoms with Gasteiger partial charge in [-0.05, 0) is 18.2 Å². The molecule has 162 valence electrons. The molecule has 1 aromatic heterocycles. The highest BCUT2D eigenvalue weighted by Crippen LogP contribution is 2.42. The third kappa shape index (κ3) is 3.86. The number of nitrogens with one attached hydrogen (secondary N) is 1. The van der Waals surface area contributed by atoms with Crippen molar-refractivity contribution in [3.05, 3.63) is 36.2 Å². The lowest BCUT2D eigenvalue weighted by atomic mass is 10.1. The first kappa shape index (κ1) is 20.5. The molecular formula is C22H23N3O6. The molecule has 0 unspecified atom stereocenters. The summed E-state index contributed by atoms with van der Waals surface area (Å²) in [5, 5.41) is 2.87. The fourth-order valence-electron chi connectivity index (χ4n) is 3.72. The summed E-state index contributed by atoms with van der Waals surface area (Å²) in [6.07, 6.45) is 0.105. The smallest absolute Gasteiger partial charge is 0.229 e. The summed E-state index contributed by atoms with van der Waals surface area (Å²) in [5.41, 5.74) is 2.50. The number of oxazole rings is 1. The van der Waals surface area contributed by atoms with Crippen molar-refractivity contribution in [3.8, 4) is 17.2 Å². The van der Waals surface area contributed by atoms with E-state index in [1.807, 2.05) is 0 Å². The number of hydrogen-bond donors (Lipinski definition) is 1. The molecule has 1 atom stereocenters. The Labute approximate surface area is 178 Å². The van der Waals surface area contributed by atoms with Crippen LogP contribution in [-0.2, 0) is 9.59 Å². The molecule has 1 saturated heterocycles. The molecule has 31 heavy (non-hydrogen) atoms. The molecule has 0 bridgehead atoms. The molecule has 3 aromatic rings. The van der Waals surface area contributed by atoms with Crippen molar-refractivity contribution in [2.45, 2.75) is 13.3 Å². The van der Waals surface area contributed by atoms with E-state index in [0.29, 0.717) is 45.6 Å². The van der Waals surface area contributed by atoms with Gasteiger partial charge in [-0.2, -0.15) is 0 Å². The lowest BCUT2D eigenvalue weighted by molar-refractivity contribution is -0.122. The number of ether oxygens (including phenoxy) is 3. The third-order valence-corrected chi connectivity index (χ3v) is 5.22. The summed E-state index contributed by atoms with van der Waals surface area (Å²) in [6.45, 7) is 2.01. The molecule has 9 heteroatoms. The van der Waals surface area contributed by atoms with Gasteiger partial charge in [0.15, 0.2) is 23.0 Å². The van der Waals surface area contributed by atoms with Crippen molar-refractivity contribution in [1.29, 1.82) is 0 Å². The van der Waals surface area contributed by atoms with Gasteiger partial charge in [0.1, 0.15) is 5.52 Å². The number of fused-ring (bicyclic) bond motifs is 1. The Morgan fingerprint density at radius 2 is 1.84 bits per heavy atom. The molecule has 2 amide bonds. The Morgan fingerprint density at radius 1 is 1.13 bits per heavy atom. The molecule has 1 aliphatic rings. The van der Waals surface area contributed by atoms with Crippen molar-refractivity contribution < 1.29 is 28.2 Å². The van der Waals surface area contributed by atoms with Crippen molar-refractivity contribution in [3.63, 3.8) is 0 Å². The Hall–Kier alpha value is -3.75. The van der Waals surface area contributed by atoms with E-state index in [1.165, 1.54) is 21.3 Å². The second-order valence-corrected chi connectivity index (χ2v) is 7.19. The van der Waals surface area contributed by atoms with Crippen LogP contribution >= 0.6 is 0 Å². The van der Waals surface area contributed by atoms with Gasteiger partial charge < -0.3 is 28.8 Å². The highest BCUT2D eigenvalue weighted by Gasteiger charge is 2.36. The Balaban J connectivity index is 1.52. The van der Waals surface area contributed by atoms with Gasteiger partial charge >= 0.3 is 0 Å². The van der Waals surface area contributed by atoms with Gasteiger partial charge in [0.05, 0.1) is 32.9 Å². The molecular weight excluding hydrogens is 402 g/mol. The van der Waals surface area contributed by atoms with Crippen LogP contribution in [0.2, 0.25) is 0 Å². The van der Waals surface area contributed by atoms with Crippen molar-refractivity contribution in [2.24, 2.45) is 5.92 Å². The standard InChI is InChI=1S/C22H23N3O6/c1-12-23-16-8-14(5-6-17(16)31-12)24-22(27)13-7-20(26)25(11-13)15-9-18(28-2)21(30-4)19(10-15)29-3/h5-6,8-10,13H,7,11H2,1-4H3,(H,24,27)/t13-/m1/s1. The summed E-state index contributed by atoms with van der Waals surface area (Å²) < 4.78 is 21.5. The maximum Gasteiger partial charge on any atom is 0.229 e. The largest absolute Gasteiger partial charge is 0.493 e. The molecule has 0 spiro atoms. The van der Waals surface area contributed by atoms with Gasteiger partial charge in [0.25, 0.3) is 0 Å². The van der Waals surface area contributed by atoms with Crippen LogP contribution in [0, 0.1) is 12.8 Å². The van der Waals surface area contributed by atoms with E-state index in [1.54, 1.807) is 42.2 Å². The first-order chi connectivity index (χ1) is 14.9. The first-order valence-electron chi connectivity index (χ1n) is 9.72. The SMILES string of the molecule is COc1cc(N2C[C@H](C(=O)Nc3ccc4oc(C)nc4c3)CC2=O)cc(OC)c1OC. The summed E-state index contributed by atoms with van der Waals surface area (Å²) in [4.78, 5) is 31.3. The molecule has 0 saturated carbocycles. The van der Waals surface area contributed by atoms with E-state index in [-0.39, 0.29) is 24.8 Å². The normalized spacial score (nSPS) is 15.9. The van der Waals surface area contributed by atoms with Crippen molar-refractivity contribution in [2.75, 3.05) is 38.1 Å². The minimum atomic E-state index is -0.499. The number of carbonyl (C=O) groups excluding carboxylic acids is 2. The predicted octanol–water partition coefficient (Wildman–Crippen LogP) is 3.15. The number of methoxy groups -OCH3 is 3. The number of aryl methyl sites for hydroxylation is 1. The number of hydrogen-bond acceptors (Lipinski definition) is 7. The van der Waals surface area contributed by atoms with Crippen LogP contribution in [0.25, 0.3) is 11.1 Å². The maximum absolute atomic E-state index is 12.8. The van der Waals surface area contributed by atoms with Crippen molar-refractivity contribution in [1.82, 2.24) is 4.98 Å². The zero-order valence-corrected chi connectivity index (χ0v) is 17.7. The number of anilines is 2. The van der Waals surface area contributed by atoms with Crippen LogP contribution in [0.1, 0.15) is 12.3 Å². The van der Waals surface area contributed by atoms with Gasteiger partial charge in [-0.25, -0.2) is 4.98 Å². The van der Waals surface area contributed by atoms with E-state index >= 15 is 0 Å². The third-order valence-electron chi connectivity index (χ3n) is 5.22. The van der Waals surface area contributed by atoms with Gasteiger partial charge in [0.2, 0.25) is 17.6 Å². The van der Waals surface area contributed by atoms with E-state index in [0.717, 1.165) is 0 Å². The molecule has 2 aromatic carbocycles. The number of benzene rings is 2. The Morgan fingerprint density at radius 3 is 2.48 bits per heavy atom. The van der Waals surface area contributed by atoms with E-state index in [4.69, 9.17) is 18.6 Å². The fraction of sp³-hybridized carbons (Fsp3) is 0.318. The fourth-order valence-corrected chi connectivity index (χ4v) is 3.72. The van der Waals surface area contributed by atoms with Crippen LogP contribution in [-0.4, -0.2) is 44.7 Å². The molecule has 9 nitrogen and oxygen atoms in total. The summed E-state index contributed by atoms with van der Waals surface area (Å²) in [6, 6.07) is 8.64. The molecule has 1 N–H and O–H groups in total. The molecule has 1 aliphatic heterocycles. The Bertz CT molecular complexity index is 1130. The minimum Gasteiger partial charge on any atom is -0.493 e. The maximum atomic E-state index is 12.8. The van der Waals surface area contributed by atoms with E-state index < -0.39 is 5.92 Å². The molecule has 1 fully saturated rings. The monoisotopic (exact) mass is 425 g/mol. The Kier molecular flexibility index (Phi) is 5.41. The van der Waals surface area contributed by atoms with Crippen LogP contribution in [0.3, 0.4) is 0 Å². The van der Waals surface area contributed by atoms with E-state index in [2.05, 4.69) is 10.3 Å². The number of amides is 2. The van der Waals surface area contributed by atoms with Crippen LogP contribution in [0.15, 0.2) is 34.7 Å². The number of nitrogens with zero attached hydrogens (tertiary/aromatic N) is 2. The number of aromatic nitrogens is 1. The van der Waals surface area contributed by atoms with Gasteiger partial charge in [-0.1, -0.05) is 0 Å². The molecule has 0 radical (unpaired) electrons. The van der Waals surface area contributed by atoms with E-state index in [9.17, 15) is 9.59 Å². The van der Waals surface area contributed by atoms with Gasteiger partial charge in [-0.3, -0.25) is 9.59 Å². The average molecular weight is 425 g/mol. The first-order valence-corrected chi connectivity index (χ1v) is 9.72. The van der Waals surface area contributed by atoms with Crippen molar-refractivity contribution >= 4 is 34.3 Å². The topological polar surface area (TPSA) is 103 Å². The highest BCUT2D eigenvalue weighted by atomic mass is 16.5. The minimum absolute atomic E-state index is 0.105. The molecule has 0 aliphatic carbocycles. The summed E-state index contributed by atoms with van der Waals surface area (Å²) in [5.74, 6) is 0.984. The van der Waals surface area contributed by atoms with Crippen LogP contribution in [0.4, 0.5) is 11.4 Å². The molecule has 4 rings (SSSR count). The van der Waals surface area contributed by atoms with Gasteiger partial charge in [0, 0.05) is 37.7 Å². The summed E-state index contributed by atoms with van der Waals surface area (Å²) in [7, 11) is 4.53. The van der Waals surface area contributed by atoms with Crippen LogP contribution < -0.4 is 24.4 Å². The zero-order chi connectivity index (χ0) is 22.1. The second-order valence-electron chi connectivity index (χ2n) is 7.19. The van der Waals surface area contributed by atoms with Gasteiger partial charge in [-0.15, -0.1) is 0 Å². The van der Waals surface area contributed by atoms with Crippen LogP contribution in [0.5, 0.6) is 17.2 Å². The quantitative estimate of drug-likeness (QED) is 0.647. The second kappa shape index (κ2) is 8.17.